The molecule has 1 fully saturated rings. The van der Waals surface area contributed by atoms with Crippen molar-refractivity contribution in [3.8, 4) is 17.4 Å². The lowest BCUT2D eigenvalue weighted by Crippen LogP contribution is -2.59. The number of fused-ring (bicyclic) bond motifs is 4. The van der Waals surface area contributed by atoms with Gasteiger partial charge in [0.05, 0.1) is 43.7 Å². The zero-order valence-corrected chi connectivity index (χ0v) is 29.0. The molecule has 5 atom stereocenters. The number of rotatable bonds is 12. The Balaban J connectivity index is 1.47. The number of allylic oxidation sites excluding steroid dienone is 1. The maximum absolute atomic E-state index is 14.7. The fourth-order valence-corrected chi connectivity index (χ4v) is 7.90. The van der Waals surface area contributed by atoms with Gasteiger partial charge >= 0.3 is 0 Å². The molecule has 266 valence electrons. The van der Waals surface area contributed by atoms with Crippen molar-refractivity contribution < 1.29 is 43.3 Å². The molecule has 49 heavy (non-hydrogen) atoms. The molecule has 2 heterocycles. The number of methoxy groups -OCH3 is 1. The van der Waals surface area contributed by atoms with E-state index in [2.05, 4.69) is 15.8 Å². The number of unbranched alkanes of at least 4 members (excludes halogenated alkanes) is 2. The van der Waals surface area contributed by atoms with E-state index in [1.54, 1.807) is 20.2 Å². The van der Waals surface area contributed by atoms with E-state index in [9.17, 15) is 24.6 Å². The number of hydrogen-bond acceptors (Lipinski definition) is 12. The quantitative estimate of drug-likeness (QED) is 0.231. The van der Waals surface area contributed by atoms with Crippen LogP contribution in [0.1, 0.15) is 103 Å². The van der Waals surface area contributed by atoms with Crippen molar-refractivity contribution in [2.24, 2.45) is 11.8 Å². The average molecular weight is 681 g/mol. The smallest absolute Gasteiger partial charge is 0.265 e. The van der Waals surface area contributed by atoms with Gasteiger partial charge in [-0.1, -0.05) is 33.1 Å². The van der Waals surface area contributed by atoms with Gasteiger partial charge in [-0.15, -0.1) is 0 Å². The Kier molecular flexibility index (Phi) is 10.1. The molecule has 4 aliphatic rings. The predicted molar refractivity (Wildman–Crippen MR) is 180 cm³/mol. The lowest BCUT2D eigenvalue weighted by molar-refractivity contribution is -0.118. The second-order valence-corrected chi connectivity index (χ2v) is 13.8. The minimum atomic E-state index is -2.44. The van der Waals surface area contributed by atoms with Gasteiger partial charge in [-0.3, -0.25) is 19.3 Å². The topological polar surface area (TPSA) is 173 Å². The molecule has 6 rings (SSSR count). The van der Waals surface area contributed by atoms with Gasteiger partial charge in [0.25, 0.3) is 5.88 Å². The van der Waals surface area contributed by atoms with Crippen molar-refractivity contribution in [2.75, 3.05) is 46.3 Å². The first-order chi connectivity index (χ1) is 23.6. The fourth-order valence-electron chi connectivity index (χ4n) is 7.90. The molecule has 2 aromatic rings. The number of piperidine rings is 1. The normalized spacial score (nSPS) is 26.1. The fraction of sp³-hybridized carbons (Fsp3) is 0.611. The Labute approximate surface area is 286 Å². The van der Waals surface area contributed by atoms with Crippen LogP contribution in [0, 0.1) is 11.8 Å². The molecule has 0 radical (unpaired) electrons. The lowest BCUT2D eigenvalue weighted by Gasteiger charge is -2.49. The summed E-state index contributed by atoms with van der Waals surface area (Å²) in [6.45, 7) is 5.34. The Morgan fingerprint density at radius 2 is 1.88 bits per heavy atom. The largest absolute Gasteiger partial charge is 0.508 e. The first kappa shape index (κ1) is 34.9. The summed E-state index contributed by atoms with van der Waals surface area (Å²) in [5, 5.41) is 34.7. The van der Waals surface area contributed by atoms with Crippen molar-refractivity contribution in [3.63, 3.8) is 0 Å². The van der Waals surface area contributed by atoms with Crippen molar-refractivity contribution in [2.45, 2.75) is 89.3 Å². The summed E-state index contributed by atoms with van der Waals surface area (Å²) in [7, 11) is 5.09. The third-order valence-electron chi connectivity index (χ3n) is 10.4. The van der Waals surface area contributed by atoms with Gasteiger partial charge in [0.2, 0.25) is 11.7 Å². The van der Waals surface area contributed by atoms with Crippen LogP contribution < -0.4 is 24.8 Å². The van der Waals surface area contributed by atoms with Crippen LogP contribution in [-0.4, -0.2) is 90.3 Å². The average Bonchev–Trinajstić information content (AvgIpc) is 3.50. The van der Waals surface area contributed by atoms with Crippen molar-refractivity contribution in [1.82, 2.24) is 15.4 Å². The maximum Gasteiger partial charge on any atom is 0.265 e. The monoisotopic (exact) mass is 680 g/mol. The number of carbonyl (C=O) groups is 3. The van der Waals surface area contributed by atoms with Crippen LogP contribution in [0.5, 0.6) is 17.4 Å². The summed E-state index contributed by atoms with van der Waals surface area (Å²) in [6.07, 6.45) is 6.17. The molecular formula is C36H48N4O9. The third-order valence-corrected chi connectivity index (χ3v) is 10.4. The van der Waals surface area contributed by atoms with Crippen LogP contribution in [0.25, 0.3) is 0 Å². The van der Waals surface area contributed by atoms with E-state index in [0.29, 0.717) is 30.8 Å². The molecule has 1 aromatic carbocycles. The number of ether oxygens (including phenoxy) is 3. The molecule has 1 amide bonds. The molecule has 13 heteroatoms. The minimum Gasteiger partial charge on any atom is -0.508 e. The second-order valence-electron chi connectivity index (χ2n) is 13.8. The van der Waals surface area contributed by atoms with E-state index in [-0.39, 0.29) is 65.1 Å². The van der Waals surface area contributed by atoms with E-state index in [4.69, 9.17) is 18.7 Å². The van der Waals surface area contributed by atoms with Gasteiger partial charge < -0.3 is 39.6 Å². The highest BCUT2D eigenvalue weighted by atomic mass is 16.5. The summed E-state index contributed by atoms with van der Waals surface area (Å²) < 4.78 is 23.6. The molecule has 4 N–H and O–H groups in total. The van der Waals surface area contributed by atoms with Gasteiger partial charge in [-0.05, 0) is 70.2 Å². The summed E-state index contributed by atoms with van der Waals surface area (Å²) in [6, 6.07) is 0.639. The van der Waals surface area contributed by atoms with E-state index in [1.165, 1.54) is 7.11 Å². The maximum atomic E-state index is 14.7. The van der Waals surface area contributed by atoms with Gasteiger partial charge in [0.15, 0.2) is 22.9 Å². The van der Waals surface area contributed by atoms with Gasteiger partial charge in [0.1, 0.15) is 17.1 Å². The summed E-state index contributed by atoms with van der Waals surface area (Å²) in [5.74, 6) is -2.98. The third kappa shape index (κ3) is 5.89. The minimum absolute atomic E-state index is 0.0330. The van der Waals surface area contributed by atoms with E-state index >= 15 is 0 Å². The van der Waals surface area contributed by atoms with Crippen molar-refractivity contribution >= 4 is 23.2 Å². The van der Waals surface area contributed by atoms with Gasteiger partial charge in [-0.25, -0.2) is 0 Å². The molecule has 1 aliphatic heterocycles. The van der Waals surface area contributed by atoms with Gasteiger partial charge in [0, 0.05) is 23.1 Å². The number of ketones is 2. The first-order valence-corrected chi connectivity index (χ1v) is 17.5. The zero-order chi connectivity index (χ0) is 35.0. The summed E-state index contributed by atoms with van der Waals surface area (Å²) >= 11 is 0. The number of nitrogens with zero attached hydrogens (tertiary/aromatic N) is 2. The molecule has 0 spiro atoms. The molecule has 1 saturated heterocycles. The van der Waals surface area contributed by atoms with E-state index < -0.39 is 46.8 Å². The first-order valence-electron chi connectivity index (χ1n) is 17.5. The molecule has 13 nitrogen and oxygen atoms in total. The van der Waals surface area contributed by atoms with Gasteiger partial charge in [-0.2, -0.15) is 0 Å². The Hall–Kier alpha value is -3.94. The number of aliphatic hydroxyl groups is 2. The molecule has 0 bridgehead atoms. The predicted octanol–water partition coefficient (Wildman–Crippen LogP) is 4.54. The van der Waals surface area contributed by atoms with Crippen LogP contribution in [0.3, 0.4) is 0 Å². The van der Waals surface area contributed by atoms with Crippen LogP contribution >= 0.6 is 0 Å². The van der Waals surface area contributed by atoms with Crippen LogP contribution in [0.2, 0.25) is 0 Å². The number of carbonyl (C=O) groups excluding carboxylic acids is 3. The van der Waals surface area contributed by atoms with Crippen LogP contribution in [-0.2, 0) is 11.2 Å². The van der Waals surface area contributed by atoms with Crippen LogP contribution in [0.15, 0.2) is 21.9 Å². The molecule has 0 saturated carbocycles. The van der Waals surface area contributed by atoms with Crippen molar-refractivity contribution in [1.29, 1.82) is 0 Å². The van der Waals surface area contributed by atoms with E-state index in [0.717, 1.165) is 38.6 Å². The molecule has 1 unspecified atom stereocenters. The SMILES string of the molecule is CCCCOc1noc2c1C(=O)[C@@]1(O)C(O)=C3C(=O)c4c(c(OC)cc(NC(=O)C5CCCCN5)c4OCCCC)C[C@H]3C[C@H]1[C@@H]2N(C)C. The molecule has 3 aliphatic carbocycles. The number of hydrogen-bond donors (Lipinski definition) is 4. The number of Topliss-reactive ketones (excluding diaryl/α,β-unsaturated/α-hetero) is 2. The molecule has 1 aromatic heterocycles. The Bertz CT molecular complexity index is 1640. The number of amides is 1. The molecular weight excluding hydrogens is 632 g/mol. The summed E-state index contributed by atoms with van der Waals surface area (Å²) in [4.78, 5) is 44.2. The highest BCUT2D eigenvalue weighted by molar-refractivity contribution is 6.17. The highest BCUT2D eigenvalue weighted by Gasteiger charge is 2.64. The lowest BCUT2D eigenvalue weighted by atomic mass is 9.58. The second kappa shape index (κ2) is 14.1. The zero-order valence-electron chi connectivity index (χ0n) is 29.0. The van der Waals surface area contributed by atoms with Crippen molar-refractivity contribution in [3.05, 3.63) is 39.8 Å². The van der Waals surface area contributed by atoms with E-state index in [1.807, 2.05) is 18.7 Å². The number of benzene rings is 1. The highest BCUT2D eigenvalue weighted by Crippen LogP contribution is 2.57. The standard InChI is InChI=1S/C36H48N4O9/c1-6-8-14-47-30-23(38-34(44)22-12-10-11-13-37-22)18-24(46-5)20-16-19-17-21-28(40(3)4)31-27(35(39-49-31)48-15-9-7-2)33(43)36(21,45)32(42)25(19)29(41)26(20)30/h18-19,21-22,28,37,42,45H,6-17H2,1-5H3,(H,38,44)/t19-,21-,22?,28-,36-/m0/s1. The number of anilines is 1. The Morgan fingerprint density at radius 3 is 2.53 bits per heavy atom. The summed E-state index contributed by atoms with van der Waals surface area (Å²) in [5.41, 5.74) is -1.52. The number of aromatic nitrogens is 1. The van der Waals surface area contributed by atoms with Crippen LogP contribution in [0.4, 0.5) is 5.69 Å². The number of aliphatic hydroxyl groups excluding tert-OH is 1. The number of nitrogens with one attached hydrogen (secondary N) is 2. The Morgan fingerprint density at radius 1 is 1.14 bits per heavy atom.